The van der Waals surface area contributed by atoms with Crippen LogP contribution in [0.4, 0.5) is 17.5 Å². The van der Waals surface area contributed by atoms with Gasteiger partial charge in [-0.1, -0.05) is 30.3 Å². The Labute approximate surface area is 182 Å². The molecule has 3 aromatic rings. The van der Waals surface area contributed by atoms with Crippen molar-refractivity contribution in [3.63, 3.8) is 0 Å². The van der Waals surface area contributed by atoms with Crippen LogP contribution in [0.1, 0.15) is 17.0 Å². The molecule has 1 aliphatic heterocycles. The second-order valence-electron chi connectivity index (χ2n) is 7.56. The molecule has 1 aliphatic rings. The zero-order chi connectivity index (χ0) is 21.6. The Hall–Kier alpha value is -3.74. The van der Waals surface area contributed by atoms with E-state index in [0.29, 0.717) is 24.7 Å². The number of amides is 1. The van der Waals surface area contributed by atoms with Crippen LogP contribution in [0, 0.1) is 13.8 Å². The second-order valence-corrected chi connectivity index (χ2v) is 7.56. The van der Waals surface area contributed by atoms with E-state index in [-0.39, 0.29) is 5.91 Å². The average Bonchev–Trinajstić information content (AvgIpc) is 2.78. The highest BCUT2D eigenvalue weighted by Gasteiger charge is 2.21. The van der Waals surface area contributed by atoms with E-state index in [1.807, 2.05) is 73.4 Å². The van der Waals surface area contributed by atoms with Crippen molar-refractivity contribution in [1.82, 2.24) is 19.9 Å². The van der Waals surface area contributed by atoms with Crippen molar-refractivity contribution < 1.29 is 4.79 Å². The van der Waals surface area contributed by atoms with E-state index in [9.17, 15) is 4.79 Å². The fourth-order valence-electron chi connectivity index (χ4n) is 3.51. The standard InChI is InChI=1S/C24H26N6O/c1-18-10-11-25-21(16-18)28-22-17-23(27-19(2)26-22)29-12-14-30(15-13-29)24(31)9-8-20-6-4-3-5-7-20/h3-11,16-17H,12-15H2,1-2H3,(H,25,26,27,28)/b9-8+. The van der Waals surface area contributed by atoms with Crippen LogP contribution in [0.15, 0.2) is 60.8 Å². The van der Waals surface area contributed by atoms with Crippen molar-refractivity contribution in [3.8, 4) is 0 Å². The van der Waals surface area contributed by atoms with Crippen molar-refractivity contribution >= 4 is 29.4 Å². The number of anilines is 3. The topological polar surface area (TPSA) is 74.2 Å². The highest BCUT2D eigenvalue weighted by Crippen LogP contribution is 2.20. The van der Waals surface area contributed by atoms with Gasteiger partial charge in [0.2, 0.25) is 5.91 Å². The fourth-order valence-corrected chi connectivity index (χ4v) is 3.51. The van der Waals surface area contributed by atoms with Gasteiger partial charge in [0.25, 0.3) is 0 Å². The Kier molecular flexibility index (Phi) is 6.21. The highest BCUT2D eigenvalue weighted by molar-refractivity contribution is 5.92. The summed E-state index contributed by atoms with van der Waals surface area (Å²) in [6.45, 7) is 6.67. The normalized spacial score (nSPS) is 14.1. The second kappa shape index (κ2) is 9.38. The van der Waals surface area contributed by atoms with E-state index in [4.69, 9.17) is 0 Å². The molecule has 0 aliphatic carbocycles. The molecule has 1 N–H and O–H groups in total. The van der Waals surface area contributed by atoms with Crippen LogP contribution in [0.25, 0.3) is 6.08 Å². The van der Waals surface area contributed by atoms with Gasteiger partial charge in [-0.2, -0.15) is 0 Å². The first kappa shape index (κ1) is 20.5. The Morgan fingerprint density at radius 3 is 2.48 bits per heavy atom. The summed E-state index contributed by atoms with van der Waals surface area (Å²) < 4.78 is 0. The summed E-state index contributed by atoms with van der Waals surface area (Å²) in [5, 5.41) is 3.26. The van der Waals surface area contributed by atoms with Gasteiger partial charge in [0, 0.05) is 44.5 Å². The predicted octanol–water partition coefficient (Wildman–Crippen LogP) is 3.59. The molecule has 1 amide bonds. The Bertz CT molecular complexity index is 1070. The van der Waals surface area contributed by atoms with Crippen molar-refractivity contribution in [2.24, 2.45) is 0 Å². The molecule has 7 nitrogen and oxygen atoms in total. The molecule has 0 saturated carbocycles. The molecule has 7 heteroatoms. The zero-order valence-electron chi connectivity index (χ0n) is 17.8. The molecule has 4 rings (SSSR count). The maximum atomic E-state index is 12.5. The monoisotopic (exact) mass is 414 g/mol. The number of piperazine rings is 1. The maximum Gasteiger partial charge on any atom is 0.246 e. The van der Waals surface area contributed by atoms with Gasteiger partial charge in [0.15, 0.2) is 0 Å². The van der Waals surface area contributed by atoms with Crippen LogP contribution in [0.2, 0.25) is 0 Å². The van der Waals surface area contributed by atoms with E-state index < -0.39 is 0 Å². The number of nitrogens with one attached hydrogen (secondary N) is 1. The first-order valence-electron chi connectivity index (χ1n) is 10.4. The van der Waals surface area contributed by atoms with E-state index in [0.717, 1.165) is 35.9 Å². The zero-order valence-corrected chi connectivity index (χ0v) is 17.8. The van der Waals surface area contributed by atoms with Crippen LogP contribution >= 0.6 is 0 Å². The summed E-state index contributed by atoms with van der Waals surface area (Å²) in [5.41, 5.74) is 2.15. The number of rotatable bonds is 5. The van der Waals surface area contributed by atoms with Crippen LogP contribution in [0.3, 0.4) is 0 Å². The maximum absolute atomic E-state index is 12.5. The van der Waals surface area contributed by atoms with Crippen LogP contribution < -0.4 is 10.2 Å². The SMILES string of the molecule is Cc1ccnc(Nc2cc(N3CCN(C(=O)/C=C/c4ccccc4)CC3)nc(C)n2)c1. The predicted molar refractivity (Wildman–Crippen MR) is 123 cm³/mol. The van der Waals surface area contributed by atoms with Crippen molar-refractivity contribution in [1.29, 1.82) is 0 Å². The number of aryl methyl sites for hydroxylation is 2. The van der Waals surface area contributed by atoms with Gasteiger partial charge in [-0.3, -0.25) is 4.79 Å². The van der Waals surface area contributed by atoms with Gasteiger partial charge in [0.1, 0.15) is 23.3 Å². The molecule has 0 bridgehead atoms. The quantitative estimate of drug-likeness (QED) is 0.643. The van der Waals surface area contributed by atoms with Gasteiger partial charge in [0.05, 0.1) is 0 Å². The van der Waals surface area contributed by atoms with Gasteiger partial charge < -0.3 is 15.1 Å². The summed E-state index contributed by atoms with van der Waals surface area (Å²) in [6.07, 6.45) is 5.28. The minimum Gasteiger partial charge on any atom is -0.353 e. The number of aromatic nitrogens is 3. The number of hydrogen-bond donors (Lipinski definition) is 1. The molecule has 2 aromatic heterocycles. The summed E-state index contributed by atoms with van der Waals surface area (Å²) in [4.78, 5) is 30.0. The molecular formula is C24H26N6O. The van der Waals surface area contributed by atoms with Gasteiger partial charge in [-0.15, -0.1) is 0 Å². The number of carbonyl (C=O) groups excluding carboxylic acids is 1. The van der Waals surface area contributed by atoms with E-state index in [2.05, 4.69) is 25.2 Å². The molecule has 0 atom stereocenters. The van der Waals surface area contributed by atoms with Gasteiger partial charge in [-0.05, 0) is 43.2 Å². The number of pyridine rings is 1. The highest BCUT2D eigenvalue weighted by atomic mass is 16.2. The first-order chi connectivity index (χ1) is 15.1. The van der Waals surface area contributed by atoms with E-state index in [1.54, 1.807) is 12.3 Å². The van der Waals surface area contributed by atoms with Gasteiger partial charge in [-0.25, -0.2) is 15.0 Å². The average molecular weight is 415 g/mol. The minimum atomic E-state index is 0.0373. The number of benzene rings is 1. The van der Waals surface area contributed by atoms with Gasteiger partial charge >= 0.3 is 0 Å². The number of hydrogen-bond acceptors (Lipinski definition) is 6. The Balaban J connectivity index is 1.38. The third kappa shape index (κ3) is 5.45. The summed E-state index contributed by atoms with van der Waals surface area (Å²) >= 11 is 0. The molecule has 1 saturated heterocycles. The van der Waals surface area contributed by atoms with Crippen molar-refractivity contribution in [2.75, 3.05) is 36.4 Å². The van der Waals surface area contributed by atoms with Crippen LogP contribution in [-0.4, -0.2) is 51.9 Å². The molecule has 158 valence electrons. The van der Waals surface area contributed by atoms with E-state index in [1.165, 1.54) is 0 Å². The fraction of sp³-hybridized carbons (Fsp3) is 0.250. The summed E-state index contributed by atoms with van der Waals surface area (Å²) in [6, 6.07) is 15.7. The first-order valence-corrected chi connectivity index (χ1v) is 10.4. The smallest absolute Gasteiger partial charge is 0.246 e. The summed E-state index contributed by atoms with van der Waals surface area (Å²) in [5.74, 6) is 3.05. The number of carbonyl (C=O) groups is 1. The third-order valence-electron chi connectivity index (χ3n) is 5.13. The van der Waals surface area contributed by atoms with Crippen molar-refractivity contribution in [3.05, 3.63) is 77.8 Å². The molecular weight excluding hydrogens is 388 g/mol. The lowest BCUT2D eigenvalue weighted by Crippen LogP contribution is -2.48. The third-order valence-corrected chi connectivity index (χ3v) is 5.13. The lowest BCUT2D eigenvalue weighted by Gasteiger charge is -2.35. The molecule has 0 unspecified atom stereocenters. The lowest BCUT2D eigenvalue weighted by molar-refractivity contribution is -0.126. The van der Waals surface area contributed by atoms with Crippen molar-refractivity contribution in [2.45, 2.75) is 13.8 Å². The molecule has 3 heterocycles. The van der Waals surface area contributed by atoms with E-state index >= 15 is 0 Å². The molecule has 1 aromatic carbocycles. The molecule has 0 radical (unpaired) electrons. The molecule has 31 heavy (non-hydrogen) atoms. The molecule has 1 fully saturated rings. The minimum absolute atomic E-state index is 0.0373. The van der Waals surface area contributed by atoms with Crippen LogP contribution in [-0.2, 0) is 4.79 Å². The summed E-state index contributed by atoms with van der Waals surface area (Å²) in [7, 11) is 0. The number of nitrogens with zero attached hydrogens (tertiary/aromatic N) is 5. The molecule has 0 spiro atoms. The van der Waals surface area contributed by atoms with Crippen LogP contribution in [0.5, 0.6) is 0 Å². The lowest BCUT2D eigenvalue weighted by atomic mass is 10.2. The largest absolute Gasteiger partial charge is 0.353 e. The Morgan fingerprint density at radius 1 is 0.968 bits per heavy atom. The Morgan fingerprint density at radius 2 is 1.74 bits per heavy atom.